The van der Waals surface area contributed by atoms with Crippen molar-refractivity contribution in [3.8, 4) is 5.75 Å². The number of hydrogen-bond donors (Lipinski definition) is 1. The first kappa shape index (κ1) is 28.0. The highest BCUT2D eigenvalue weighted by Crippen LogP contribution is 2.36. The number of ether oxygens (including phenoxy) is 1. The number of nitro benzene ring substituents is 1. The molecule has 1 amide bonds. The monoisotopic (exact) mass is 573 g/mol. The molecular weight excluding hydrogens is 546 g/mol. The molecule has 0 aliphatic heterocycles. The van der Waals surface area contributed by atoms with Gasteiger partial charge in [0.25, 0.3) is 11.5 Å². The van der Waals surface area contributed by atoms with Gasteiger partial charge in [0.1, 0.15) is 5.82 Å². The molecule has 11 heteroatoms. The minimum Gasteiger partial charge on any atom is -0.476 e. The smallest absolute Gasteiger partial charge is 0.313 e. The summed E-state index contributed by atoms with van der Waals surface area (Å²) < 4.78 is 6.78. The van der Waals surface area contributed by atoms with E-state index < -0.39 is 23.1 Å². The number of benzene rings is 3. The lowest BCUT2D eigenvalue weighted by Crippen LogP contribution is -2.25. The van der Waals surface area contributed by atoms with E-state index in [4.69, 9.17) is 21.3 Å². The van der Waals surface area contributed by atoms with Crippen molar-refractivity contribution in [2.75, 3.05) is 11.9 Å². The number of nitrogens with zero attached hydrogens (tertiary/aromatic N) is 4. The fraction of sp³-hybridized carbons (Fsp3) is 0.267. The van der Waals surface area contributed by atoms with Gasteiger partial charge in [0.15, 0.2) is 6.61 Å². The summed E-state index contributed by atoms with van der Waals surface area (Å²) in [7, 11) is 0. The van der Waals surface area contributed by atoms with Gasteiger partial charge in [-0.05, 0) is 49.6 Å². The number of amides is 1. The van der Waals surface area contributed by atoms with E-state index in [1.54, 1.807) is 30.3 Å². The van der Waals surface area contributed by atoms with Gasteiger partial charge in [0.05, 0.1) is 27.1 Å². The largest absolute Gasteiger partial charge is 0.476 e. The maximum absolute atomic E-state index is 13.4. The summed E-state index contributed by atoms with van der Waals surface area (Å²) >= 11 is 6.39. The van der Waals surface area contributed by atoms with Crippen LogP contribution < -0.4 is 15.6 Å². The van der Waals surface area contributed by atoms with E-state index in [0.717, 1.165) is 37.7 Å². The lowest BCUT2D eigenvalue weighted by Gasteiger charge is -2.22. The molecule has 41 heavy (non-hydrogen) atoms. The van der Waals surface area contributed by atoms with E-state index in [2.05, 4.69) is 10.4 Å². The quantitative estimate of drug-likeness (QED) is 0.151. The van der Waals surface area contributed by atoms with Crippen molar-refractivity contribution in [2.45, 2.75) is 44.9 Å². The second-order valence-corrected chi connectivity index (χ2v) is 10.4. The summed E-state index contributed by atoms with van der Waals surface area (Å²) in [5, 5.41) is 19.4. The van der Waals surface area contributed by atoms with Gasteiger partial charge in [0.2, 0.25) is 5.75 Å². The number of rotatable bonds is 8. The predicted octanol–water partition coefficient (Wildman–Crippen LogP) is 6.21. The molecule has 0 radical (unpaired) electrons. The fourth-order valence-corrected chi connectivity index (χ4v) is 5.27. The summed E-state index contributed by atoms with van der Waals surface area (Å²) in [6.45, 7) is 1.36. The Kier molecular flexibility index (Phi) is 8.39. The number of aryl methyl sites for hydroxylation is 1. The second kappa shape index (κ2) is 12.3. The number of carbonyl (C=O) groups is 1. The van der Waals surface area contributed by atoms with Gasteiger partial charge in [-0.15, -0.1) is 0 Å². The number of anilines is 1. The number of halogens is 1. The molecular formula is C30H28ClN5O5. The molecule has 1 aliphatic carbocycles. The van der Waals surface area contributed by atoms with Crippen LogP contribution in [0.4, 0.5) is 11.4 Å². The van der Waals surface area contributed by atoms with Gasteiger partial charge in [-0.2, -0.15) is 9.78 Å². The van der Waals surface area contributed by atoms with E-state index in [0.29, 0.717) is 22.4 Å². The van der Waals surface area contributed by atoms with Crippen LogP contribution in [0.25, 0.3) is 10.9 Å². The third kappa shape index (κ3) is 6.28. The van der Waals surface area contributed by atoms with Crippen molar-refractivity contribution in [1.29, 1.82) is 0 Å². The van der Waals surface area contributed by atoms with E-state index in [-0.39, 0.29) is 27.8 Å². The summed E-state index contributed by atoms with van der Waals surface area (Å²) in [5.74, 6) is -0.0718. The molecule has 0 atom stereocenters. The van der Waals surface area contributed by atoms with Crippen LogP contribution in [0, 0.1) is 17.0 Å². The van der Waals surface area contributed by atoms with Crippen LogP contribution in [-0.2, 0) is 4.79 Å². The average molecular weight is 574 g/mol. The molecule has 0 saturated heterocycles. The van der Waals surface area contributed by atoms with Gasteiger partial charge in [-0.1, -0.05) is 61.2 Å². The Morgan fingerprint density at radius 2 is 1.90 bits per heavy atom. The van der Waals surface area contributed by atoms with Gasteiger partial charge < -0.3 is 10.1 Å². The average Bonchev–Trinajstić information content (AvgIpc) is 2.97. The molecule has 3 aromatic carbocycles. The molecule has 1 saturated carbocycles. The first-order valence-electron chi connectivity index (χ1n) is 13.3. The molecule has 1 aromatic heterocycles. The van der Waals surface area contributed by atoms with Crippen LogP contribution in [0.5, 0.6) is 5.75 Å². The maximum Gasteiger partial charge on any atom is 0.313 e. The second-order valence-electron chi connectivity index (χ2n) is 9.94. The lowest BCUT2D eigenvalue weighted by atomic mass is 9.88. The SMILES string of the molecule is Cc1ccccc1NC(=O)COc1c(Cl)cc(C=Nn2c(C3CCCCC3)nc3ccccc3c2=O)cc1[N+](=O)[O-]. The molecule has 10 nitrogen and oxygen atoms in total. The topological polar surface area (TPSA) is 129 Å². The zero-order chi connectivity index (χ0) is 28.9. The van der Waals surface area contributed by atoms with E-state index >= 15 is 0 Å². The molecule has 1 N–H and O–H groups in total. The van der Waals surface area contributed by atoms with Crippen LogP contribution in [0.2, 0.25) is 5.02 Å². The number of aromatic nitrogens is 2. The summed E-state index contributed by atoms with van der Waals surface area (Å²) in [6, 6.07) is 17.0. The zero-order valence-corrected chi connectivity index (χ0v) is 23.1. The molecule has 1 fully saturated rings. The molecule has 1 aliphatic rings. The Labute approximate surface area is 240 Å². The number of fused-ring (bicyclic) bond motifs is 1. The Bertz CT molecular complexity index is 1710. The number of carbonyl (C=O) groups excluding carboxylic acids is 1. The van der Waals surface area contributed by atoms with Gasteiger partial charge in [-0.3, -0.25) is 19.7 Å². The summed E-state index contributed by atoms with van der Waals surface area (Å²) in [6.07, 6.45) is 6.38. The van der Waals surface area contributed by atoms with Crippen molar-refractivity contribution >= 4 is 46.0 Å². The summed E-state index contributed by atoms with van der Waals surface area (Å²) in [4.78, 5) is 41.9. The highest BCUT2D eigenvalue weighted by atomic mass is 35.5. The number of nitrogens with one attached hydrogen (secondary N) is 1. The predicted molar refractivity (Wildman–Crippen MR) is 158 cm³/mol. The van der Waals surface area contributed by atoms with Gasteiger partial charge >= 0.3 is 5.69 Å². The van der Waals surface area contributed by atoms with E-state index in [1.165, 1.54) is 23.0 Å². The minimum absolute atomic E-state index is 0.0687. The van der Waals surface area contributed by atoms with Crippen LogP contribution in [-0.4, -0.2) is 33.3 Å². The first-order valence-corrected chi connectivity index (χ1v) is 13.7. The Morgan fingerprint density at radius 3 is 2.66 bits per heavy atom. The third-order valence-corrected chi connectivity index (χ3v) is 7.36. The Hall–Kier alpha value is -4.57. The molecule has 5 rings (SSSR count). The van der Waals surface area contributed by atoms with Crippen LogP contribution >= 0.6 is 11.6 Å². The van der Waals surface area contributed by atoms with E-state index in [9.17, 15) is 19.7 Å². The molecule has 0 spiro atoms. The normalized spacial score (nSPS) is 13.9. The number of para-hydroxylation sites is 2. The lowest BCUT2D eigenvalue weighted by molar-refractivity contribution is -0.385. The molecule has 0 unspecified atom stereocenters. The maximum atomic E-state index is 13.4. The number of nitro groups is 1. The molecule has 210 valence electrons. The van der Waals surface area contributed by atoms with Crippen molar-refractivity contribution in [1.82, 2.24) is 9.66 Å². The Balaban J connectivity index is 1.43. The molecule has 1 heterocycles. The highest BCUT2D eigenvalue weighted by molar-refractivity contribution is 6.32. The third-order valence-electron chi connectivity index (χ3n) is 7.08. The van der Waals surface area contributed by atoms with E-state index in [1.807, 2.05) is 25.1 Å². The standard InChI is InChI=1S/C30H28ClN5O5/c1-19-9-5-7-13-24(19)33-27(37)18-41-28-23(31)15-20(16-26(28)36(39)40)17-32-35-29(21-10-3-2-4-11-21)34-25-14-8-6-12-22(25)30(35)38/h5-9,12-17,21H,2-4,10-11,18H2,1H3,(H,33,37). The van der Waals surface area contributed by atoms with Crippen molar-refractivity contribution in [2.24, 2.45) is 5.10 Å². The van der Waals surface area contributed by atoms with Gasteiger partial charge in [0, 0.05) is 23.2 Å². The summed E-state index contributed by atoms with van der Waals surface area (Å²) in [5.41, 5.74) is 1.62. The van der Waals surface area contributed by atoms with Crippen LogP contribution in [0.15, 0.2) is 70.6 Å². The minimum atomic E-state index is -0.644. The van der Waals surface area contributed by atoms with Crippen molar-refractivity contribution in [3.63, 3.8) is 0 Å². The van der Waals surface area contributed by atoms with Gasteiger partial charge in [-0.25, -0.2) is 4.98 Å². The van der Waals surface area contributed by atoms with Crippen molar-refractivity contribution in [3.05, 3.63) is 103 Å². The first-order chi connectivity index (χ1) is 19.8. The molecule has 4 aromatic rings. The van der Waals surface area contributed by atoms with Crippen molar-refractivity contribution < 1.29 is 14.5 Å². The van der Waals surface area contributed by atoms with Crippen LogP contribution in [0.3, 0.4) is 0 Å². The number of hydrogen-bond acceptors (Lipinski definition) is 7. The Morgan fingerprint density at radius 1 is 1.17 bits per heavy atom. The van der Waals surface area contributed by atoms with Crippen LogP contribution in [0.1, 0.15) is 55.0 Å². The zero-order valence-electron chi connectivity index (χ0n) is 22.4. The fourth-order valence-electron chi connectivity index (χ4n) is 4.99. The highest BCUT2D eigenvalue weighted by Gasteiger charge is 2.24. The molecule has 0 bridgehead atoms.